The summed E-state index contributed by atoms with van der Waals surface area (Å²) in [6.45, 7) is 9.72. The van der Waals surface area contributed by atoms with Gasteiger partial charge in [0, 0.05) is 13.3 Å². The fraction of sp³-hybridized carbons (Fsp3) is 0.643. The van der Waals surface area contributed by atoms with Crippen LogP contribution in [0.5, 0.6) is 0 Å². The van der Waals surface area contributed by atoms with E-state index in [1.54, 1.807) is 12.2 Å². The van der Waals surface area contributed by atoms with Crippen LogP contribution in [0, 0.1) is 0 Å². The summed E-state index contributed by atoms with van der Waals surface area (Å²) < 4.78 is 16.8. The first-order valence-corrected chi connectivity index (χ1v) is 6.31. The van der Waals surface area contributed by atoms with Gasteiger partial charge in [0.15, 0.2) is 6.10 Å². The van der Waals surface area contributed by atoms with Crippen LogP contribution in [0.25, 0.3) is 0 Å². The van der Waals surface area contributed by atoms with Crippen molar-refractivity contribution in [2.45, 2.75) is 44.5 Å². The third-order valence-corrected chi connectivity index (χ3v) is 2.89. The minimum atomic E-state index is -0.817. The van der Waals surface area contributed by atoms with Gasteiger partial charge in [-0.2, -0.15) is 0 Å². The zero-order valence-electron chi connectivity index (χ0n) is 11.0. The van der Waals surface area contributed by atoms with Crippen molar-refractivity contribution in [3.63, 3.8) is 0 Å². The number of carbonyl (C=O) groups is 1. The molecule has 18 heavy (non-hydrogen) atoms. The van der Waals surface area contributed by atoms with E-state index in [1.165, 1.54) is 6.92 Å². The lowest BCUT2D eigenvalue weighted by Crippen LogP contribution is -2.46. The maximum Gasteiger partial charge on any atom is 0.303 e. The molecule has 0 radical (unpaired) electrons. The van der Waals surface area contributed by atoms with Gasteiger partial charge in [0.1, 0.15) is 0 Å². The molecule has 0 amide bonds. The molecule has 0 aromatic heterocycles. The van der Waals surface area contributed by atoms with Crippen LogP contribution in [0.2, 0.25) is 0 Å². The lowest BCUT2D eigenvalue weighted by molar-refractivity contribution is -0.262. The maximum absolute atomic E-state index is 11.2. The summed E-state index contributed by atoms with van der Waals surface area (Å²) in [7, 11) is 0. The number of allylic oxidation sites excluding steroid dienone is 1. The lowest BCUT2D eigenvalue weighted by atomic mass is 10.0. The maximum atomic E-state index is 11.2. The van der Waals surface area contributed by atoms with Gasteiger partial charge in [-0.1, -0.05) is 12.2 Å². The summed E-state index contributed by atoms with van der Waals surface area (Å²) in [6, 6.07) is 0. The van der Waals surface area contributed by atoms with Gasteiger partial charge in [0.25, 0.3) is 0 Å². The molecule has 1 saturated heterocycles. The fourth-order valence-electron chi connectivity index (χ4n) is 2.13. The van der Waals surface area contributed by atoms with Gasteiger partial charge < -0.3 is 14.2 Å². The largest absolute Gasteiger partial charge is 0.457 e. The van der Waals surface area contributed by atoms with E-state index in [0.717, 1.165) is 19.3 Å². The van der Waals surface area contributed by atoms with E-state index in [0.29, 0.717) is 19.6 Å². The second kappa shape index (κ2) is 7.34. The van der Waals surface area contributed by atoms with Crippen molar-refractivity contribution in [3.8, 4) is 0 Å². The van der Waals surface area contributed by atoms with Crippen LogP contribution in [0.1, 0.15) is 32.6 Å². The average molecular weight is 254 g/mol. The summed E-state index contributed by atoms with van der Waals surface area (Å²) in [5.41, 5.74) is 0. The Bertz CT molecular complexity index is 292. The molecular formula is C14H22O4. The molecule has 4 heteroatoms. The Morgan fingerprint density at radius 2 is 2.28 bits per heavy atom. The summed E-state index contributed by atoms with van der Waals surface area (Å²) >= 11 is 0. The van der Waals surface area contributed by atoms with Crippen LogP contribution >= 0.6 is 0 Å². The summed E-state index contributed by atoms with van der Waals surface area (Å²) in [4.78, 5) is 11.2. The fourth-order valence-corrected chi connectivity index (χ4v) is 2.13. The SMILES string of the molecule is C=CCC[C@@H](OC(C)=O)C1(OCC=C)CCCO1. The Morgan fingerprint density at radius 1 is 1.50 bits per heavy atom. The predicted octanol–water partition coefficient (Wildman–Crippen LogP) is 2.59. The second-order valence-corrected chi connectivity index (χ2v) is 4.33. The molecule has 4 nitrogen and oxygen atoms in total. The highest BCUT2D eigenvalue weighted by Gasteiger charge is 2.45. The second-order valence-electron chi connectivity index (χ2n) is 4.33. The Labute approximate surface area is 109 Å². The summed E-state index contributed by atoms with van der Waals surface area (Å²) in [5, 5.41) is 0. The molecule has 0 saturated carbocycles. The average Bonchev–Trinajstić information content (AvgIpc) is 2.81. The standard InChI is InChI=1S/C14H22O4/c1-4-6-8-13(18-12(3)15)14(16-10-5-2)9-7-11-17-14/h4-5,13H,1-2,6-11H2,3H3/t13-,14?/m1/s1. The first-order valence-electron chi connectivity index (χ1n) is 6.31. The van der Waals surface area contributed by atoms with Gasteiger partial charge in [-0.15, -0.1) is 13.2 Å². The van der Waals surface area contributed by atoms with E-state index >= 15 is 0 Å². The molecule has 1 rings (SSSR count). The van der Waals surface area contributed by atoms with Crippen LogP contribution in [0.15, 0.2) is 25.3 Å². The van der Waals surface area contributed by atoms with Crippen molar-refractivity contribution in [2.24, 2.45) is 0 Å². The molecular weight excluding hydrogens is 232 g/mol. The number of hydrogen-bond donors (Lipinski definition) is 0. The van der Waals surface area contributed by atoms with E-state index in [1.807, 2.05) is 0 Å². The minimum Gasteiger partial charge on any atom is -0.457 e. The van der Waals surface area contributed by atoms with Gasteiger partial charge in [0.05, 0.1) is 13.2 Å². The van der Waals surface area contributed by atoms with Gasteiger partial charge in [-0.25, -0.2) is 0 Å². The van der Waals surface area contributed by atoms with Crippen LogP contribution in [0.3, 0.4) is 0 Å². The van der Waals surface area contributed by atoms with E-state index in [2.05, 4.69) is 13.2 Å². The molecule has 0 aliphatic carbocycles. The molecule has 102 valence electrons. The number of carbonyl (C=O) groups excluding carboxylic acids is 1. The van der Waals surface area contributed by atoms with E-state index in [-0.39, 0.29) is 5.97 Å². The number of hydrogen-bond acceptors (Lipinski definition) is 4. The molecule has 1 aliphatic rings. The zero-order chi connectivity index (χ0) is 13.4. The van der Waals surface area contributed by atoms with Crippen molar-refractivity contribution in [3.05, 3.63) is 25.3 Å². The topological polar surface area (TPSA) is 44.8 Å². The molecule has 1 heterocycles. The van der Waals surface area contributed by atoms with Gasteiger partial charge in [-0.05, 0) is 19.3 Å². The Morgan fingerprint density at radius 3 is 2.78 bits per heavy atom. The van der Waals surface area contributed by atoms with Gasteiger partial charge >= 0.3 is 5.97 Å². The minimum absolute atomic E-state index is 0.318. The molecule has 1 aliphatic heterocycles. The first kappa shape index (κ1) is 14.9. The van der Waals surface area contributed by atoms with Crippen molar-refractivity contribution in [2.75, 3.05) is 13.2 Å². The monoisotopic (exact) mass is 254 g/mol. The zero-order valence-corrected chi connectivity index (χ0v) is 11.0. The van der Waals surface area contributed by atoms with E-state index < -0.39 is 11.9 Å². The smallest absolute Gasteiger partial charge is 0.303 e. The van der Waals surface area contributed by atoms with Gasteiger partial charge in [0.2, 0.25) is 5.79 Å². The summed E-state index contributed by atoms with van der Waals surface area (Å²) in [6.07, 6.45) is 6.11. The number of rotatable bonds is 8. The summed E-state index contributed by atoms with van der Waals surface area (Å²) in [5.74, 6) is -1.13. The molecule has 0 spiro atoms. The molecule has 0 N–H and O–H groups in total. The highest BCUT2D eigenvalue weighted by atomic mass is 16.7. The van der Waals surface area contributed by atoms with Crippen LogP contribution in [-0.4, -0.2) is 31.1 Å². The molecule has 0 aromatic carbocycles. The molecule has 0 aromatic rings. The van der Waals surface area contributed by atoms with Crippen LogP contribution in [0.4, 0.5) is 0 Å². The Hall–Kier alpha value is -1.13. The lowest BCUT2D eigenvalue weighted by Gasteiger charge is -2.35. The van der Waals surface area contributed by atoms with Crippen molar-refractivity contribution >= 4 is 5.97 Å². The van der Waals surface area contributed by atoms with Crippen molar-refractivity contribution in [1.29, 1.82) is 0 Å². The number of ether oxygens (including phenoxy) is 3. The van der Waals surface area contributed by atoms with Crippen LogP contribution in [-0.2, 0) is 19.0 Å². The Kier molecular flexibility index (Phi) is 6.09. The highest BCUT2D eigenvalue weighted by molar-refractivity contribution is 5.66. The van der Waals surface area contributed by atoms with Crippen molar-refractivity contribution < 1.29 is 19.0 Å². The van der Waals surface area contributed by atoms with E-state index in [9.17, 15) is 4.79 Å². The first-order chi connectivity index (χ1) is 8.64. The molecule has 0 bridgehead atoms. The molecule has 2 atom stereocenters. The van der Waals surface area contributed by atoms with Gasteiger partial charge in [-0.3, -0.25) is 4.79 Å². The van der Waals surface area contributed by atoms with Crippen LogP contribution < -0.4 is 0 Å². The quantitative estimate of drug-likeness (QED) is 0.493. The highest BCUT2D eigenvalue weighted by Crippen LogP contribution is 2.34. The molecule has 1 unspecified atom stereocenters. The third-order valence-electron chi connectivity index (χ3n) is 2.89. The predicted molar refractivity (Wildman–Crippen MR) is 69.1 cm³/mol. The number of esters is 1. The Balaban J connectivity index is 2.77. The van der Waals surface area contributed by atoms with Crippen molar-refractivity contribution in [1.82, 2.24) is 0 Å². The molecule has 1 fully saturated rings. The third kappa shape index (κ3) is 3.96. The van der Waals surface area contributed by atoms with E-state index in [4.69, 9.17) is 14.2 Å². The normalized spacial score (nSPS) is 24.5.